The van der Waals surface area contributed by atoms with Crippen LogP contribution in [0.5, 0.6) is 5.75 Å². The van der Waals surface area contributed by atoms with Crippen molar-refractivity contribution in [2.45, 2.75) is 31.9 Å². The van der Waals surface area contributed by atoms with E-state index in [1.165, 1.54) is 6.07 Å². The molecule has 0 spiro atoms. The van der Waals surface area contributed by atoms with Crippen LogP contribution in [0.15, 0.2) is 48.5 Å². The number of anilines is 1. The molecule has 0 fully saturated rings. The standard InChI is InChI=1S/C18H19FN2OS/c1-18(2)11-15(12-7-3-6-10-16(12)22-18)21-17(23)20-14-9-5-4-8-13(14)19/h3-10,15H,11H2,1-2H3,(H2,20,21,23). The highest BCUT2D eigenvalue weighted by Gasteiger charge is 2.33. The Hall–Kier alpha value is -2.14. The zero-order chi connectivity index (χ0) is 16.4. The van der Waals surface area contributed by atoms with Gasteiger partial charge < -0.3 is 15.4 Å². The molecular weight excluding hydrogens is 311 g/mol. The van der Waals surface area contributed by atoms with E-state index < -0.39 is 0 Å². The Morgan fingerprint density at radius 3 is 2.65 bits per heavy atom. The van der Waals surface area contributed by atoms with E-state index in [1.807, 2.05) is 38.1 Å². The van der Waals surface area contributed by atoms with E-state index >= 15 is 0 Å². The monoisotopic (exact) mass is 330 g/mol. The van der Waals surface area contributed by atoms with E-state index in [-0.39, 0.29) is 17.5 Å². The fraction of sp³-hybridized carbons (Fsp3) is 0.278. The number of benzene rings is 2. The molecule has 1 atom stereocenters. The molecule has 2 aromatic rings. The molecule has 3 rings (SSSR count). The molecule has 0 amide bonds. The van der Waals surface area contributed by atoms with Crippen LogP contribution < -0.4 is 15.4 Å². The van der Waals surface area contributed by atoms with Gasteiger partial charge in [-0.05, 0) is 44.3 Å². The van der Waals surface area contributed by atoms with Crippen molar-refractivity contribution in [3.63, 3.8) is 0 Å². The lowest BCUT2D eigenvalue weighted by Crippen LogP contribution is -2.42. The summed E-state index contributed by atoms with van der Waals surface area (Å²) < 4.78 is 19.7. The van der Waals surface area contributed by atoms with Gasteiger partial charge in [0.05, 0.1) is 11.7 Å². The normalized spacial score (nSPS) is 18.5. The molecule has 0 saturated heterocycles. The third-order valence-corrected chi connectivity index (χ3v) is 4.02. The molecule has 2 N–H and O–H groups in total. The summed E-state index contributed by atoms with van der Waals surface area (Å²) >= 11 is 5.35. The van der Waals surface area contributed by atoms with Crippen LogP contribution in [-0.2, 0) is 0 Å². The van der Waals surface area contributed by atoms with Gasteiger partial charge in [0, 0.05) is 12.0 Å². The fourth-order valence-corrected chi connectivity index (χ4v) is 3.06. The highest BCUT2D eigenvalue weighted by atomic mass is 32.1. The van der Waals surface area contributed by atoms with Gasteiger partial charge in [0.1, 0.15) is 17.2 Å². The first-order chi connectivity index (χ1) is 10.9. The molecule has 5 heteroatoms. The van der Waals surface area contributed by atoms with Crippen LogP contribution in [0.3, 0.4) is 0 Å². The van der Waals surface area contributed by atoms with Gasteiger partial charge in [-0.2, -0.15) is 0 Å². The summed E-state index contributed by atoms with van der Waals surface area (Å²) in [6.07, 6.45) is 0.767. The second-order valence-electron chi connectivity index (χ2n) is 6.23. The van der Waals surface area contributed by atoms with Gasteiger partial charge in [-0.25, -0.2) is 4.39 Å². The van der Waals surface area contributed by atoms with Crippen LogP contribution in [0.4, 0.5) is 10.1 Å². The number of halogens is 1. The minimum atomic E-state index is -0.329. The minimum absolute atomic E-state index is 0.0155. The molecule has 0 bridgehead atoms. The molecule has 2 aromatic carbocycles. The van der Waals surface area contributed by atoms with Crippen LogP contribution in [0, 0.1) is 5.82 Å². The molecule has 1 heterocycles. The predicted octanol–water partition coefficient (Wildman–Crippen LogP) is 4.41. The number of rotatable bonds is 2. The van der Waals surface area contributed by atoms with Gasteiger partial charge in [-0.1, -0.05) is 30.3 Å². The van der Waals surface area contributed by atoms with Crippen molar-refractivity contribution in [3.05, 3.63) is 59.9 Å². The highest BCUT2D eigenvalue weighted by Crippen LogP contribution is 2.39. The average Bonchev–Trinajstić information content (AvgIpc) is 2.48. The highest BCUT2D eigenvalue weighted by molar-refractivity contribution is 7.80. The molecular formula is C18H19FN2OS. The van der Waals surface area contributed by atoms with Crippen molar-refractivity contribution < 1.29 is 9.13 Å². The summed E-state index contributed by atoms with van der Waals surface area (Å²) in [5.41, 5.74) is 1.13. The number of ether oxygens (including phenoxy) is 1. The molecule has 120 valence electrons. The summed E-state index contributed by atoms with van der Waals surface area (Å²) in [5, 5.41) is 6.60. The quantitative estimate of drug-likeness (QED) is 0.799. The lowest BCUT2D eigenvalue weighted by molar-refractivity contribution is 0.0697. The number of hydrogen-bond acceptors (Lipinski definition) is 2. The Morgan fingerprint density at radius 2 is 1.87 bits per heavy atom. The Balaban J connectivity index is 1.77. The van der Waals surface area contributed by atoms with Crippen LogP contribution >= 0.6 is 12.2 Å². The number of thiocarbonyl (C=S) groups is 1. The van der Waals surface area contributed by atoms with Crippen molar-refractivity contribution >= 4 is 23.0 Å². The summed E-state index contributed by atoms with van der Waals surface area (Å²) in [5.74, 6) is 0.527. The minimum Gasteiger partial charge on any atom is -0.487 e. The van der Waals surface area contributed by atoms with Crippen LogP contribution in [0.25, 0.3) is 0 Å². The first kappa shape index (κ1) is 15.7. The fourth-order valence-electron chi connectivity index (χ4n) is 2.81. The summed E-state index contributed by atoms with van der Waals surface area (Å²) in [7, 11) is 0. The van der Waals surface area contributed by atoms with E-state index in [2.05, 4.69) is 10.6 Å². The smallest absolute Gasteiger partial charge is 0.171 e. The van der Waals surface area contributed by atoms with Crippen molar-refractivity contribution in [1.82, 2.24) is 5.32 Å². The zero-order valence-electron chi connectivity index (χ0n) is 13.1. The van der Waals surface area contributed by atoms with E-state index in [1.54, 1.807) is 18.2 Å². The van der Waals surface area contributed by atoms with Gasteiger partial charge in [-0.3, -0.25) is 0 Å². The number of fused-ring (bicyclic) bond motifs is 1. The van der Waals surface area contributed by atoms with Gasteiger partial charge in [-0.15, -0.1) is 0 Å². The van der Waals surface area contributed by atoms with Gasteiger partial charge >= 0.3 is 0 Å². The maximum absolute atomic E-state index is 13.7. The molecule has 0 aromatic heterocycles. The summed E-state index contributed by atoms with van der Waals surface area (Å²) in [4.78, 5) is 0. The van der Waals surface area contributed by atoms with Crippen molar-refractivity contribution in [2.24, 2.45) is 0 Å². The van der Waals surface area contributed by atoms with Crippen LogP contribution in [0.2, 0.25) is 0 Å². The topological polar surface area (TPSA) is 33.3 Å². The number of hydrogen-bond donors (Lipinski definition) is 2. The van der Waals surface area contributed by atoms with E-state index in [4.69, 9.17) is 17.0 Å². The lowest BCUT2D eigenvalue weighted by Gasteiger charge is -2.38. The van der Waals surface area contributed by atoms with Gasteiger partial charge in [0.2, 0.25) is 0 Å². The summed E-state index contributed by atoms with van der Waals surface area (Å²) in [6.45, 7) is 4.09. The van der Waals surface area contributed by atoms with E-state index in [0.717, 1.165) is 17.7 Å². The molecule has 0 saturated carbocycles. The summed E-state index contributed by atoms with van der Waals surface area (Å²) in [6, 6.07) is 14.4. The zero-order valence-corrected chi connectivity index (χ0v) is 13.9. The van der Waals surface area contributed by atoms with Gasteiger partial charge in [0.25, 0.3) is 0 Å². The number of para-hydroxylation sites is 2. The van der Waals surface area contributed by atoms with Crippen LogP contribution in [0.1, 0.15) is 31.9 Å². The average molecular weight is 330 g/mol. The first-order valence-electron chi connectivity index (χ1n) is 7.55. The SMILES string of the molecule is CC1(C)CC(NC(=S)Nc2ccccc2F)c2ccccc2O1. The van der Waals surface area contributed by atoms with Crippen molar-refractivity contribution in [2.75, 3.05) is 5.32 Å². The lowest BCUT2D eigenvalue weighted by atomic mass is 9.90. The number of nitrogens with one attached hydrogen (secondary N) is 2. The van der Waals surface area contributed by atoms with Crippen molar-refractivity contribution in [1.29, 1.82) is 0 Å². The second kappa shape index (κ2) is 6.16. The molecule has 0 aliphatic carbocycles. The second-order valence-corrected chi connectivity index (χ2v) is 6.64. The van der Waals surface area contributed by atoms with Crippen LogP contribution in [-0.4, -0.2) is 10.7 Å². The van der Waals surface area contributed by atoms with Gasteiger partial charge in [0.15, 0.2) is 5.11 Å². The molecule has 23 heavy (non-hydrogen) atoms. The van der Waals surface area contributed by atoms with Crippen molar-refractivity contribution in [3.8, 4) is 5.75 Å². The van der Waals surface area contributed by atoms with E-state index in [0.29, 0.717) is 10.8 Å². The Kier molecular flexibility index (Phi) is 4.22. The third-order valence-electron chi connectivity index (χ3n) is 3.80. The Labute approximate surface area is 140 Å². The Morgan fingerprint density at radius 1 is 1.17 bits per heavy atom. The molecule has 1 aliphatic heterocycles. The largest absolute Gasteiger partial charge is 0.487 e. The van der Waals surface area contributed by atoms with E-state index in [9.17, 15) is 4.39 Å². The molecule has 1 unspecified atom stereocenters. The third kappa shape index (κ3) is 3.62. The maximum Gasteiger partial charge on any atom is 0.171 e. The molecule has 3 nitrogen and oxygen atoms in total. The molecule has 1 aliphatic rings. The Bertz CT molecular complexity index is 732. The molecule has 0 radical (unpaired) electrons. The predicted molar refractivity (Wildman–Crippen MR) is 94.3 cm³/mol. The maximum atomic E-state index is 13.7. The first-order valence-corrected chi connectivity index (χ1v) is 7.95.